The number of hydrogen-bond acceptors (Lipinski definition) is 8. The van der Waals surface area contributed by atoms with Crippen LogP contribution in [0.4, 0.5) is 23.0 Å². The van der Waals surface area contributed by atoms with Crippen molar-refractivity contribution in [1.29, 1.82) is 0 Å². The van der Waals surface area contributed by atoms with Crippen molar-refractivity contribution in [3.63, 3.8) is 0 Å². The lowest BCUT2D eigenvalue weighted by molar-refractivity contribution is 0.417. The molecule has 170 valence electrons. The maximum absolute atomic E-state index is 12.7. The SMILES string of the molecule is COc1cc(P(C)(C)=O)ccc1Nc1cc(Nc2ccccc2S(=O)(=O)C(C)C)ncn1. The summed E-state index contributed by atoms with van der Waals surface area (Å²) in [5.74, 6) is 1.44. The molecule has 0 saturated heterocycles. The van der Waals surface area contributed by atoms with Gasteiger partial charge in [-0.25, -0.2) is 18.4 Å². The summed E-state index contributed by atoms with van der Waals surface area (Å²) in [4.78, 5) is 8.65. The van der Waals surface area contributed by atoms with E-state index in [-0.39, 0.29) is 4.90 Å². The van der Waals surface area contributed by atoms with Crippen molar-refractivity contribution in [1.82, 2.24) is 9.97 Å². The van der Waals surface area contributed by atoms with Gasteiger partial charge in [-0.1, -0.05) is 12.1 Å². The number of hydrogen-bond donors (Lipinski definition) is 2. The van der Waals surface area contributed by atoms with E-state index >= 15 is 0 Å². The van der Waals surface area contributed by atoms with Gasteiger partial charge in [-0.2, -0.15) is 0 Å². The molecule has 0 unspecified atom stereocenters. The summed E-state index contributed by atoms with van der Waals surface area (Å²) in [7, 11) is -4.36. The number of methoxy groups -OCH3 is 1. The molecule has 0 spiro atoms. The summed E-state index contributed by atoms with van der Waals surface area (Å²) in [6.45, 7) is 6.70. The second-order valence-corrected chi connectivity index (χ2v) is 13.6. The minimum Gasteiger partial charge on any atom is -0.495 e. The molecule has 2 aromatic carbocycles. The highest BCUT2D eigenvalue weighted by molar-refractivity contribution is 7.92. The number of anilines is 4. The van der Waals surface area contributed by atoms with Gasteiger partial charge in [0.2, 0.25) is 0 Å². The Labute approximate surface area is 188 Å². The van der Waals surface area contributed by atoms with Crippen LogP contribution in [0.2, 0.25) is 0 Å². The van der Waals surface area contributed by atoms with E-state index < -0.39 is 22.2 Å². The number of aromatic nitrogens is 2. The summed E-state index contributed by atoms with van der Waals surface area (Å²) in [5, 5.41) is 6.41. The summed E-state index contributed by atoms with van der Waals surface area (Å²) in [6.07, 6.45) is 1.37. The number of nitrogens with zero attached hydrogens (tertiary/aromatic N) is 2. The number of ether oxygens (including phenoxy) is 1. The van der Waals surface area contributed by atoms with Crippen molar-refractivity contribution in [3.05, 3.63) is 54.9 Å². The van der Waals surface area contributed by atoms with Crippen LogP contribution in [0.1, 0.15) is 13.8 Å². The first-order valence-electron chi connectivity index (χ1n) is 9.95. The zero-order valence-electron chi connectivity index (χ0n) is 18.7. The van der Waals surface area contributed by atoms with E-state index in [0.29, 0.717) is 34.1 Å². The number of nitrogens with one attached hydrogen (secondary N) is 2. The molecule has 8 nitrogen and oxygen atoms in total. The van der Waals surface area contributed by atoms with Crippen LogP contribution in [-0.4, -0.2) is 44.1 Å². The highest BCUT2D eigenvalue weighted by Gasteiger charge is 2.22. The number of rotatable bonds is 8. The van der Waals surface area contributed by atoms with Crippen LogP contribution in [0.5, 0.6) is 5.75 Å². The van der Waals surface area contributed by atoms with E-state index in [1.165, 1.54) is 6.33 Å². The predicted octanol–water partition coefficient (Wildman–Crippen LogP) is 4.40. The Hall–Kier alpha value is -2.90. The zero-order valence-corrected chi connectivity index (χ0v) is 20.4. The number of sulfone groups is 1. The first-order chi connectivity index (χ1) is 15.0. The minimum atomic E-state index is -3.47. The summed E-state index contributed by atoms with van der Waals surface area (Å²) in [6, 6.07) is 13.7. The molecule has 0 aliphatic carbocycles. The van der Waals surface area contributed by atoms with Crippen molar-refractivity contribution in [3.8, 4) is 5.75 Å². The molecule has 0 atom stereocenters. The molecular weight excluding hydrogens is 447 g/mol. The maximum Gasteiger partial charge on any atom is 0.182 e. The quantitative estimate of drug-likeness (QED) is 0.462. The molecule has 3 rings (SSSR count). The van der Waals surface area contributed by atoms with Gasteiger partial charge in [0.1, 0.15) is 30.9 Å². The van der Waals surface area contributed by atoms with Crippen LogP contribution in [0.25, 0.3) is 0 Å². The molecule has 0 radical (unpaired) electrons. The van der Waals surface area contributed by atoms with Gasteiger partial charge in [0.05, 0.1) is 28.6 Å². The van der Waals surface area contributed by atoms with Crippen molar-refractivity contribution in [2.24, 2.45) is 0 Å². The minimum absolute atomic E-state index is 0.212. The molecule has 0 aliphatic heterocycles. The van der Waals surface area contributed by atoms with Crippen molar-refractivity contribution in [2.75, 3.05) is 31.1 Å². The Morgan fingerprint density at radius 3 is 2.16 bits per heavy atom. The third-order valence-corrected chi connectivity index (χ3v) is 8.55. The second kappa shape index (κ2) is 9.30. The van der Waals surface area contributed by atoms with E-state index in [9.17, 15) is 13.0 Å². The lowest BCUT2D eigenvalue weighted by atomic mass is 10.3. The fourth-order valence-electron chi connectivity index (χ4n) is 2.96. The van der Waals surface area contributed by atoms with Crippen molar-refractivity contribution in [2.45, 2.75) is 24.0 Å². The lowest BCUT2D eigenvalue weighted by Crippen LogP contribution is -2.15. The monoisotopic (exact) mass is 474 g/mol. The number of para-hydroxylation sites is 1. The summed E-state index contributed by atoms with van der Waals surface area (Å²) >= 11 is 0. The van der Waals surface area contributed by atoms with Crippen LogP contribution in [-0.2, 0) is 14.4 Å². The zero-order chi connectivity index (χ0) is 23.5. The van der Waals surface area contributed by atoms with Crippen LogP contribution in [0, 0.1) is 0 Å². The van der Waals surface area contributed by atoms with Crippen LogP contribution in [0.15, 0.2) is 59.8 Å². The van der Waals surface area contributed by atoms with Gasteiger partial charge in [-0.15, -0.1) is 0 Å². The van der Waals surface area contributed by atoms with Gasteiger partial charge in [-0.3, -0.25) is 0 Å². The topological polar surface area (TPSA) is 110 Å². The van der Waals surface area contributed by atoms with Crippen molar-refractivity contribution >= 4 is 45.3 Å². The fourth-order valence-corrected chi connectivity index (χ4v) is 5.02. The Morgan fingerprint density at radius 1 is 0.938 bits per heavy atom. The Bertz CT molecular complexity index is 1270. The molecule has 0 amide bonds. The summed E-state index contributed by atoms with van der Waals surface area (Å²) in [5.41, 5.74) is 1.09. The normalized spacial score (nSPS) is 11.9. The molecule has 3 aromatic rings. The largest absolute Gasteiger partial charge is 0.495 e. The van der Waals surface area contributed by atoms with E-state index in [4.69, 9.17) is 4.74 Å². The molecule has 0 bridgehead atoms. The molecule has 1 heterocycles. The van der Waals surface area contributed by atoms with Crippen molar-refractivity contribution < 1.29 is 17.7 Å². The van der Waals surface area contributed by atoms with Gasteiger partial charge in [0, 0.05) is 11.4 Å². The molecule has 2 N–H and O–H groups in total. The molecule has 0 aliphatic rings. The lowest BCUT2D eigenvalue weighted by Gasteiger charge is -2.16. The molecule has 32 heavy (non-hydrogen) atoms. The first-order valence-corrected chi connectivity index (χ1v) is 14.1. The molecule has 1 aromatic heterocycles. The molecular formula is C22H27N4O4PS. The Morgan fingerprint density at radius 2 is 1.56 bits per heavy atom. The number of benzene rings is 2. The van der Waals surface area contributed by atoms with Gasteiger partial charge < -0.3 is 19.9 Å². The van der Waals surface area contributed by atoms with E-state index in [2.05, 4.69) is 20.6 Å². The van der Waals surface area contributed by atoms with Gasteiger partial charge in [0.25, 0.3) is 0 Å². The fraction of sp³-hybridized carbons (Fsp3) is 0.273. The third kappa shape index (κ3) is 5.29. The van der Waals surface area contributed by atoms with Gasteiger partial charge in [0.15, 0.2) is 9.84 Å². The smallest absolute Gasteiger partial charge is 0.182 e. The first kappa shape index (κ1) is 23.8. The Kier molecular flexibility index (Phi) is 6.91. The average Bonchev–Trinajstić information content (AvgIpc) is 2.73. The van der Waals surface area contributed by atoms with Gasteiger partial charge in [-0.05, 0) is 57.5 Å². The van der Waals surface area contributed by atoms with Crippen LogP contribution >= 0.6 is 7.14 Å². The third-order valence-electron chi connectivity index (χ3n) is 4.81. The van der Waals surface area contributed by atoms with E-state index in [0.717, 1.165) is 0 Å². The van der Waals surface area contributed by atoms with E-state index in [1.807, 2.05) is 0 Å². The van der Waals surface area contributed by atoms with Crippen LogP contribution < -0.4 is 20.7 Å². The Balaban J connectivity index is 1.89. The van der Waals surface area contributed by atoms with E-state index in [1.54, 1.807) is 82.8 Å². The second-order valence-electron chi connectivity index (χ2n) is 7.86. The molecule has 0 saturated carbocycles. The predicted molar refractivity (Wildman–Crippen MR) is 129 cm³/mol. The highest BCUT2D eigenvalue weighted by atomic mass is 32.2. The maximum atomic E-state index is 12.7. The van der Waals surface area contributed by atoms with Crippen LogP contribution in [0.3, 0.4) is 0 Å². The highest BCUT2D eigenvalue weighted by Crippen LogP contribution is 2.38. The van der Waals surface area contributed by atoms with Gasteiger partial charge >= 0.3 is 0 Å². The molecule has 0 fully saturated rings. The molecule has 10 heteroatoms. The summed E-state index contributed by atoms with van der Waals surface area (Å²) < 4.78 is 43.2. The standard InChI is InChI=1S/C22H27N4O4PS/c1-15(2)32(28,29)20-9-7-6-8-18(20)26-22-13-21(23-14-24-22)25-17-11-10-16(31(4,5)27)12-19(17)30-3/h6-15H,1-5H3,(H2,23,24,25,26). The average molecular weight is 475 g/mol.